The highest BCUT2D eigenvalue weighted by molar-refractivity contribution is 5.85. The summed E-state index contributed by atoms with van der Waals surface area (Å²) in [6.07, 6.45) is -0.531. The third-order valence-electron chi connectivity index (χ3n) is 3.21. The molecular weight excluding hydrogens is 290 g/mol. The van der Waals surface area contributed by atoms with Crippen LogP contribution in [0, 0.1) is 13.8 Å². The van der Waals surface area contributed by atoms with Crippen LogP contribution in [0.1, 0.15) is 31.9 Å². The monoisotopic (exact) mass is 317 g/mol. The van der Waals surface area contributed by atoms with Crippen molar-refractivity contribution in [2.24, 2.45) is 0 Å². The Morgan fingerprint density at radius 1 is 1.14 bits per heavy atom. The number of hydrogen-bond acceptors (Lipinski definition) is 4. The van der Waals surface area contributed by atoms with Gasteiger partial charge in [-0.3, -0.25) is 0 Å². The van der Waals surface area contributed by atoms with Gasteiger partial charge in [0.1, 0.15) is 24.2 Å². The molecule has 0 radical (unpaired) electrons. The SMILES string of the molecule is COc1ccc(OCC(O)CNC(C)(C)C)c(C)c1C.Cl. The van der Waals surface area contributed by atoms with Crippen LogP contribution in [0.4, 0.5) is 0 Å². The summed E-state index contributed by atoms with van der Waals surface area (Å²) in [7, 11) is 1.66. The Balaban J connectivity index is 0.00000400. The Bertz CT molecular complexity index is 444. The van der Waals surface area contributed by atoms with Crippen molar-refractivity contribution in [3.63, 3.8) is 0 Å². The molecule has 4 nitrogen and oxygen atoms in total. The van der Waals surface area contributed by atoms with Crippen LogP contribution in [0.15, 0.2) is 12.1 Å². The predicted octanol–water partition coefficient (Wildman–Crippen LogP) is 2.86. The number of β-amino-alcohol motifs (C(OH)–C–C–N with tert-alkyl or cyclic N) is 1. The maximum absolute atomic E-state index is 9.92. The van der Waals surface area contributed by atoms with Crippen LogP contribution in [0.5, 0.6) is 11.5 Å². The maximum atomic E-state index is 9.92. The highest BCUT2D eigenvalue weighted by Gasteiger charge is 2.14. The molecule has 1 atom stereocenters. The first-order valence-corrected chi connectivity index (χ1v) is 6.94. The molecule has 122 valence electrons. The molecule has 0 heterocycles. The van der Waals surface area contributed by atoms with E-state index in [1.807, 2.05) is 26.0 Å². The molecule has 0 aromatic heterocycles. The first-order valence-electron chi connectivity index (χ1n) is 6.94. The van der Waals surface area contributed by atoms with Gasteiger partial charge in [-0.2, -0.15) is 0 Å². The second-order valence-corrected chi connectivity index (χ2v) is 6.11. The zero-order valence-corrected chi connectivity index (χ0v) is 14.6. The normalized spacial score (nSPS) is 12.5. The summed E-state index contributed by atoms with van der Waals surface area (Å²) in [5.41, 5.74) is 2.10. The van der Waals surface area contributed by atoms with E-state index in [1.54, 1.807) is 7.11 Å². The third-order valence-corrected chi connectivity index (χ3v) is 3.21. The van der Waals surface area contributed by atoms with Gasteiger partial charge in [-0.05, 0) is 57.9 Å². The van der Waals surface area contributed by atoms with E-state index in [-0.39, 0.29) is 24.6 Å². The number of aliphatic hydroxyl groups is 1. The summed E-state index contributed by atoms with van der Waals surface area (Å²) in [6, 6.07) is 3.77. The summed E-state index contributed by atoms with van der Waals surface area (Å²) in [5, 5.41) is 13.2. The number of rotatable bonds is 6. The molecule has 0 spiro atoms. The number of halogens is 1. The number of nitrogens with one attached hydrogen (secondary N) is 1. The van der Waals surface area contributed by atoms with Gasteiger partial charge in [-0.25, -0.2) is 0 Å². The highest BCUT2D eigenvalue weighted by Crippen LogP contribution is 2.28. The Morgan fingerprint density at radius 3 is 2.19 bits per heavy atom. The largest absolute Gasteiger partial charge is 0.496 e. The molecule has 0 aliphatic carbocycles. The van der Waals surface area contributed by atoms with Gasteiger partial charge in [0, 0.05) is 12.1 Å². The van der Waals surface area contributed by atoms with E-state index in [4.69, 9.17) is 9.47 Å². The quantitative estimate of drug-likeness (QED) is 0.847. The van der Waals surface area contributed by atoms with Crippen LogP contribution in [-0.2, 0) is 0 Å². The summed E-state index contributed by atoms with van der Waals surface area (Å²) >= 11 is 0. The number of benzene rings is 1. The lowest BCUT2D eigenvalue weighted by Crippen LogP contribution is -2.42. The first kappa shape index (κ1) is 20.0. The van der Waals surface area contributed by atoms with Crippen LogP contribution in [0.3, 0.4) is 0 Å². The summed E-state index contributed by atoms with van der Waals surface area (Å²) in [5.74, 6) is 1.64. The Labute approximate surface area is 134 Å². The van der Waals surface area contributed by atoms with Crippen LogP contribution >= 0.6 is 12.4 Å². The van der Waals surface area contributed by atoms with Gasteiger partial charge in [0.15, 0.2) is 0 Å². The number of methoxy groups -OCH3 is 1. The van der Waals surface area contributed by atoms with Crippen molar-refractivity contribution in [3.8, 4) is 11.5 Å². The fourth-order valence-corrected chi connectivity index (χ4v) is 1.82. The van der Waals surface area contributed by atoms with E-state index in [0.717, 1.165) is 22.6 Å². The van der Waals surface area contributed by atoms with Crippen LogP contribution in [0.25, 0.3) is 0 Å². The minimum Gasteiger partial charge on any atom is -0.496 e. The fraction of sp³-hybridized carbons (Fsp3) is 0.625. The summed E-state index contributed by atoms with van der Waals surface area (Å²) in [4.78, 5) is 0. The summed E-state index contributed by atoms with van der Waals surface area (Å²) < 4.78 is 11.0. The molecule has 5 heteroatoms. The van der Waals surface area contributed by atoms with Gasteiger partial charge in [-0.15, -0.1) is 12.4 Å². The topological polar surface area (TPSA) is 50.7 Å². The van der Waals surface area contributed by atoms with Crippen LogP contribution in [0.2, 0.25) is 0 Å². The molecule has 1 rings (SSSR count). The molecule has 21 heavy (non-hydrogen) atoms. The fourth-order valence-electron chi connectivity index (χ4n) is 1.82. The van der Waals surface area contributed by atoms with Gasteiger partial charge in [0.2, 0.25) is 0 Å². The molecule has 2 N–H and O–H groups in total. The second kappa shape index (κ2) is 8.47. The standard InChI is InChI=1S/C16H27NO3.ClH/c1-11-12(2)15(8-7-14(11)19-6)20-10-13(18)9-17-16(3,4)5;/h7-8,13,17-18H,9-10H2,1-6H3;1H. The maximum Gasteiger partial charge on any atom is 0.122 e. The second-order valence-electron chi connectivity index (χ2n) is 6.11. The zero-order chi connectivity index (χ0) is 15.3. The zero-order valence-electron chi connectivity index (χ0n) is 13.8. The molecule has 0 saturated carbocycles. The molecule has 0 saturated heterocycles. The van der Waals surface area contributed by atoms with Gasteiger partial charge >= 0.3 is 0 Å². The van der Waals surface area contributed by atoms with E-state index >= 15 is 0 Å². The van der Waals surface area contributed by atoms with E-state index < -0.39 is 6.10 Å². The van der Waals surface area contributed by atoms with Crippen molar-refractivity contribution in [2.75, 3.05) is 20.3 Å². The Hall–Kier alpha value is -0.970. The molecule has 0 bridgehead atoms. The van der Waals surface area contributed by atoms with Gasteiger partial charge in [-0.1, -0.05) is 0 Å². The van der Waals surface area contributed by atoms with Crippen molar-refractivity contribution < 1.29 is 14.6 Å². The van der Waals surface area contributed by atoms with Crippen molar-refractivity contribution >= 4 is 12.4 Å². The van der Waals surface area contributed by atoms with E-state index in [1.165, 1.54) is 0 Å². The summed E-state index contributed by atoms with van der Waals surface area (Å²) in [6.45, 7) is 11.0. The van der Waals surface area contributed by atoms with Crippen LogP contribution in [-0.4, -0.2) is 37.0 Å². The molecule has 1 aromatic rings. The highest BCUT2D eigenvalue weighted by atomic mass is 35.5. The first-order chi connectivity index (χ1) is 9.24. The third kappa shape index (κ3) is 6.55. The lowest BCUT2D eigenvalue weighted by atomic mass is 10.1. The van der Waals surface area contributed by atoms with Gasteiger partial charge in [0.05, 0.1) is 7.11 Å². The Kier molecular flexibility index (Phi) is 8.08. The van der Waals surface area contributed by atoms with Crippen LogP contribution < -0.4 is 14.8 Å². The number of hydrogen-bond donors (Lipinski definition) is 2. The van der Waals surface area contributed by atoms with E-state index in [2.05, 4.69) is 26.1 Å². The van der Waals surface area contributed by atoms with Gasteiger partial charge in [0.25, 0.3) is 0 Å². The predicted molar refractivity (Wildman–Crippen MR) is 89.0 cm³/mol. The molecule has 0 aliphatic rings. The lowest BCUT2D eigenvalue weighted by Gasteiger charge is -2.23. The lowest BCUT2D eigenvalue weighted by molar-refractivity contribution is 0.0996. The Morgan fingerprint density at radius 2 is 1.67 bits per heavy atom. The van der Waals surface area contributed by atoms with Gasteiger partial charge < -0.3 is 19.9 Å². The molecule has 0 amide bonds. The smallest absolute Gasteiger partial charge is 0.122 e. The average molecular weight is 318 g/mol. The van der Waals surface area contributed by atoms with Crippen molar-refractivity contribution in [3.05, 3.63) is 23.3 Å². The van der Waals surface area contributed by atoms with Crippen molar-refractivity contribution in [1.82, 2.24) is 5.32 Å². The molecular formula is C16H28ClNO3. The minimum absolute atomic E-state index is 0. The molecule has 1 unspecified atom stereocenters. The van der Waals surface area contributed by atoms with E-state index in [9.17, 15) is 5.11 Å². The minimum atomic E-state index is -0.531. The molecule has 0 aliphatic heterocycles. The number of ether oxygens (including phenoxy) is 2. The van der Waals surface area contributed by atoms with E-state index in [0.29, 0.717) is 6.54 Å². The number of aliphatic hydroxyl groups excluding tert-OH is 1. The molecule has 0 fully saturated rings. The average Bonchev–Trinajstić information content (AvgIpc) is 2.37. The van der Waals surface area contributed by atoms with Crippen molar-refractivity contribution in [1.29, 1.82) is 0 Å². The van der Waals surface area contributed by atoms with Crippen molar-refractivity contribution in [2.45, 2.75) is 46.3 Å². The molecule has 1 aromatic carbocycles.